The number of aryl methyl sites for hydroxylation is 1. The van der Waals surface area contributed by atoms with Gasteiger partial charge in [-0.3, -0.25) is 10.4 Å². The van der Waals surface area contributed by atoms with Crippen molar-refractivity contribution in [2.75, 3.05) is 11.9 Å². The van der Waals surface area contributed by atoms with Crippen LogP contribution in [0.3, 0.4) is 0 Å². The number of amidine groups is 1. The van der Waals surface area contributed by atoms with E-state index in [9.17, 15) is 4.79 Å². The van der Waals surface area contributed by atoms with Crippen LogP contribution in [0.5, 0.6) is 0 Å². The first-order valence-corrected chi connectivity index (χ1v) is 9.46. The fourth-order valence-corrected chi connectivity index (χ4v) is 3.74. The Hall–Kier alpha value is -3.68. The zero-order chi connectivity index (χ0) is 20.4. The molecule has 8 heteroatoms. The number of aromatic nitrogens is 1. The van der Waals surface area contributed by atoms with Gasteiger partial charge in [-0.2, -0.15) is 0 Å². The summed E-state index contributed by atoms with van der Waals surface area (Å²) < 4.78 is 0. The van der Waals surface area contributed by atoms with Crippen LogP contribution in [-0.4, -0.2) is 52.3 Å². The second-order valence-electron chi connectivity index (χ2n) is 7.16. The molecule has 0 saturated carbocycles. The number of nitrogens with two attached hydrogens (primary N) is 1. The van der Waals surface area contributed by atoms with Gasteiger partial charge in [-0.15, -0.1) is 0 Å². The zero-order valence-electron chi connectivity index (χ0n) is 16.1. The molecular formula is C21H25N7O. The molecule has 0 spiro atoms. The highest BCUT2D eigenvalue weighted by atomic mass is 16.2. The van der Waals surface area contributed by atoms with Crippen molar-refractivity contribution in [3.8, 4) is 0 Å². The number of nitrogens with zero attached hydrogens (tertiary/aromatic N) is 3. The van der Waals surface area contributed by atoms with E-state index in [1.54, 1.807) is 29.5 Å². The molecule has 2 aliphatic heterocycles. The molecule has 2 atom stereocenters. The topological polar surface area (TPSA) is 123 Å². The van der Waals surface area contributed by atoms with Crippen LogP contribution in [0.2, 0.25) is 0 Å². The van der Waals surface area contributed by atoms with Gasteiger partial charge in [0.25, 0.3) is 0 Å². The second-order valence-corrected chi connectivity index (χ2v) is 7.16. The van der Waals surface area contributed by atoms with Crippen molar-refractivity contribution < 1.29 is 6.22 Å². The average Bonchev–Trinajstić information content (AvgIpc) is 3.45. The van der Waals surface area contributed by atoms with Crippen LogP contribution in [-0.2, 0) is 0 Å². The molecule has 29 heavy (non-hydrogen) atoms. The Kier molecular flexibility index (Phi) is 4.99. The van der Waals surface area contributed by atoms with E-state index in [1.807, 2.05) is 31.2 Å². The van der Waals surface area contributed by atoms with Gasteiger partial charge in [0, 0.05) is 25.4 Å². The minimum absolute atomic E-state index is 0. The summed E-state index contributed by atoms with van der Waals surface area (Å²) in [6.07, 6.45) is 7.47. The number of amides is 2. The number of benzene rings is 1. The molecule has 2 aromatic rings. The van der Waals surface area contributed by atoms with Crippen molar-refractivity contribution in [1.82, 2.24) is 9.88 Å². The third kappa shape index (κ3) is 3.82. The summed E-state index contributed by atoms with van der Waals surface area (Å²) in [7, 11) is 0. The van der Waals surface area contributed by atoms with Gasteiger partial charge < -0.3 is 20.9 Å². The molecule has 2 bridgehead atoms. The van der Waals surface area contributed by atoms with E-state index in [0.29, 0.717) is 17.8 Å². The number of carbonyl (C=O) groups excluding carboxylic acids is 1. The molecule has 0 aliphatic carbocycles. The Morgan fingerprint density at radius 3 is 3.07 bits per heavy atom. The maximum absolute atomic E-state index is 12.8. The van der Waals surface area contributed by atoms with E-state index in [4.69, 9.17) is 11.1 Å². The molecule has 4 rings (SSSR count). The summed E-state index contributed by atoms with van der Waals surface area (Å²) in [5, 5.41) is 11.2. The zero-order valence-corrected chi connectivity index (χ0v) is 16.1. The third-order valence-corrected chi connectivity index (χ3v) is 5.18. The van der Waals surface area contributed by atoms with Gasteiger partial charge in [0.1, 0.15) is 0 Å². The monoisotopic (exact) mass is 391 g/mol. The summed E-state index contributed by atoms with van der Waals surface area (Å²) in [6.45, 7) is 2.52. The minimum atomic E-state index is -0.174. The molecule has 5 N–H and O–H groups in total. The summed E-state index contributed by atoms with van der Waals surface area (Å²) in [5.74, 6) is 0.135. The lowest BCUT2D eigenvalue weighted by molar-refractivity contribution is 0.215. The molecule has 1 fully saturated rings. The number of aromatic amines is 1. The Balaban J connectivity index is 0.00000256. The van der Waals surface area contributed by atoms with Crippen molar-refractivity contribution in [3.63, 3.8) is 0 Å². The standard InChI is InChI=1S/C21H23N7O.H2/c1-13-4-5-14(9-17(13)20(23)25-11-15-3-2-8-24-15)27-21(29)28-12-16-10-19(28)18(26-16)6-7-22;/h2-9,11,16,19,23-24H,10,12,22H2,1H3,(H,27,29);1H/b7-6-,23-20?,25-11?;/t16-,19?;/m0./s1. The maximum Gasteiger partial charge on any atom is 0.322 e. The molecule has 150 valence electrons. The van der Waals surface area contributed by atoms with Gasteiger partial charge in [0.05, 0.1) is 29.7 Å². The molecule has 1 aromatic heterocycles. The molecule has 3 heterocycles. The first-order valence-electron chi connectivity index (χ1n) is 9.46. The van der Waals surface area contributed by atoms with Gasteiger partial charge in [-0.05, 0) is 55.4 Å². The van der Waals surface area contributed by atoms with Gasteiger partial charge in [0.15, 0.2) is 5.84 Å². The quantitative estimate of drug-likeness (QED) is 0.473. The van der Waals surface area contributed by atoms with Crippen LogP contribution in [0.4, 0.5) is 10.5 Å². The van der Waals surface area contributed by atoms with E-state index < -0.39 is 0 Å². The smallest absolute Gasteiger partial charge is 0.322 e. The van der Waals surface area contributed by atoms with Crippen molar-refractivity contribution >= 4 is 29.5 Å². The average molecular weight is 391 g/mol. The number of H-pyrrole nitrogens is 1. The van der Waals surface area contributed by atoms with Crippen LogP contribution in [0.15, 0.2) is 58.8 Å². The SMILES string of the molecule is Cc1ccc(NC(=O)N2C[C@@H]3CC2C(/C=C\N)=N3)cc1C(=N)N=Cc1ccc[nH]1.[HH]. The number of carbonyl (C=O) groups is 1. The molecule has 2 aliphatic rings. The number of aliphatic imine (C=N–C) groups is 2. The predicted octanol–water partition coefficient (Wildman–Crippen LogP) is 2.92. The fourth-order valence-electron chi connectivity index (χ4n) is 3.74. The number of hydrogen-bond donors (Lipinski definition) is 4. The normalized spacial score (nSPS) is 20.6. The Labute approximate surface area is 170 Å². The van der Waals surface area contributed by atoms with Crippen LogP contribution in [0, 0.1) is 12.3 Å². The van der Waals surface area contributed by atoms with Gasteiger partial charge in [-0.25, -0.2) is 9.79 Å². The number of fused-ring (bicyclic) bond motifs is 2. The number of nitrogens with one attached hydrogen (secondary N) is 3. The number of urea groups is 1. The van der Waals surface area contributed by atoms with E-state index in [1.165, 1.54) is 6.20 Å². The van der Waals surface area contributed by atoms with E-state index in [2.05, 4.69) is 20.3 Å². The van der Waals surface area contributed by atoms with Crippen LogP contribution in [0.1, 0.15) is 24.7 Å². The van der Waals surface area contributed by atoms with Crippen molar-refractivity contribution in [2.45, 2.75) is 25.4 Å². The summed E-state index contributed by atoms with van der Waals surface area (Å²) in [5.41, 5.74) is 9.38. The van der Waals surface area contributed by atoms with E-state index in [-0.39, 0.29) is 25.4 Å². The molecular weight excluding hydrogens is 366 g/mol. The molecule has 1 saturated heterocycles. The van der Waals surface area contributed by atoms with Crippen LogP contribution in [0.25, 0.3) is 0 Å². The maximum atomic E-state index is 12.8. The van der Waals surface area contributed by atoms with E-state index >= 15 is 0 Å². The number of anilines is 1. The highest BCUT2D eigenvalue weighted by molar-refractivity contribution is 6.06. The minimum Gasteiger partial charge on any atom is -0.405 e. The van der Waals surface area contributed by atoms with Gasteiger partial charge in [0.2, 0.25) is 0 Å². The second kappa shape index (κ2) is 7.75. The lowest BCUT2D eigenvalue weighted by atomic mass is 10.1. The summed E-state index contributed by atoms with van der Waals surface area (Å²) in [6, 6.07) is 9.18. The number of likely N-dealkylation sites (tertiary alicyclic amines) is 1. The lowest BCUT2D eigenvalue weighted by Gasteiger charge is -2.26. The fraction of sp³-hybridized carbons (Fsp3) is 0.238. The number of rotatable bonds is 4. The molecule has 2 amide bonds. The Bertz CT molecular complexity index is 1030. The van der Waals surface area contributed by atoms with Crippen LogP contribution < -0.4 is 11.1 Å². The molecule has 0 radical (unpaired) electrons. The van der Waals surface area contributed by atoms with Crippen molar-refractivity contribution in [3.05, 3.63) is 65.6 Å². The highest BCUT2D eigenvalue weighted by Gasteiger charge is 2.42. The van der Waals surface area contributed by atoms with Gasteiger partial charge in [-0.1, -0.05) is 6.07 Å². The Morgan fingerprint density at radius 1 is 1.48 bits per heavy atom. The van der Waals surface area contributed by atoms with Crippen molar-refractivity contribution in [2.24, 2.45) is 15.7 Å². The summed E-state index contributed by atoms with van der Waals surface area (Å²) >= 11 is 0. The number of hydrogen-bond acceptors (Lipinski definition) is 4. The largest absolute Gasteiger partial charge is 0.405 e. The van der Waals surface area contributed by atoms with Crippen LogP contribution >= 0.6 is 0 Å². The predicted molar refractivity (Wildman–Crippen MR) is 117 cm³/mol. The van der Waals surface area contributed by atoms with E-state index in [0.717, 1.165) is 23.4 Å². The Morgan fingerprint density at radius 2 is 2.34 bits per heavy atom. The highest BCUT2D eigenvalue weighted by Crippen LogP contribution is 2.29. The van der Waals surface area contributed by atoms with Gasteiger partial charge >= 0.3 is 6.03 Å². The molecule has 1 unspecified atom stereocenters. The summed E-state index contributed by atoms with van der Waals surface area (Å²) in [4.78, 5) is 26.4. The first-order chi connectivity index (χ1) is 14.0. The third-order valence-electron chi connectivity index (χ3n) is 5.18. The molecule has 1 aromatic carbocycles. The molecule has 8 nitrogen and oxygen atoms in total. The van der Waals surface area contributed by atoms with Crippen molar-refractivity contribution in [1.29, 1.82) is 5.41 Å². The first kappa shape index (κ1) is 18.7. The lowest BCUT2D eigenvalue weighted by Crippen LogP contribution is -2.44.